The molecule has 3 rings (SSSR count). The molecule has 1 aliphatic rings. The van der Waals surface area contributed by atoms with Crippen LogP contribution in [0.5, 0.6) is 0 Å². The average molecular weight is 289 g/mol. The Morgan fingerprint density at radius 3 is 3.00 bits per heavy atom. The van der Waals surface area contributed by atoms with Gasteiger partial charge in [-0.25, -0.2) is 14.3 Å². The molecule has 1 saturated carbocycles. The summed E-state index contributed by atoms with van der Waals surface area (Å²) in [5.41, 5.74) is 0.977. The van der Waals surface area contributed by atoms with Crippen LogP contribution in [0.4, 0.5) is 0 Å². The third kappa shape index (κ3) is 4.10. The molecule has 1 N–H and O–H groups in total. The summed E-state index contributed by atoms with van der Waals surface area (Å²) in [6.07, 6.45) is 6.32. The molecule has 114 valence electrons. The summed E-state index contributed by atoms with van der Waals surface area (Å²) in [7, 11) is 0. The second-order valence-corrected chi connectivity index (χ2v) is 6.23. The molecule has 7 nitrogen and oxygen atoms in total. The maximum absolute atomic E-state index is 4.32. The fraction of sp³-hybridized carbons (Fsp3) is 0.714. The molecule has 0 radical (unpaired) electrons. The Labute approximate surface area is 124 Å². The normalized spacial score (nSPS) is 15.0. The Kier molecular flexibility index (Phi) is 4.28. The standard InChI is InChI=1S/C14H23N7/c1-11(2)7-21-14(16-10-17-21)9-20-8-13(18-19-20)6-15-5-12-3-4-12/h8,10-12,15H,3-7,9H2,1-2H3. The van der Waals surface area contributed by atoms with Crippen molar-refractivity contribution in [2.75, 3.05) is 6.54 Å². The number of nitrogens with zero attached hydrogens (tertiary/aromatic N) is 6. The molecule has 0 bridgehead atoms. The SMILES string of the molecule is CC(C)Cn1ncnc1Cn1cc(CNCC2CC2)nn1. The molecule has 2 aromatic heterocycles. The molecule has 0 spiro atoms. The lowest BCUT2D eigenvalue weighted by atomic mass is 10.2. The zero-order valence-corrected chi connectivity index (χ0v) is 12.7. The molecule has 2 aromatic rings. The predicted octanol–water partition coefficient (Wildman–Crippen LogP) is 1.07. The van der Waals surface area contributed by atoms with Gasteiger partial charge in [0.1, 0.15) is 18.7 Å². The van der Waals surface area contributed by atoms with Crippen molar-refractivity contribution in [1.82, 2.24) is 35.1 Å². The van der Waals surface area contributed by atoms with Gasteiger partial charge >= 0.3 is 0 Å². The topological polar surface area (TPSA) is 73.5 Å². The fourth-order valence-electron chi connectivity index (χ4n) is 2.28. The number of aromatic nitrogens is 6. The molecule has 0 unspecified atom stereocenters. The van der Waals surface area contributed by atoms with Crippen molar-refractivity contribution >= 4 is 0 Å². The third-order valence-corrected chi connectivity index (χ3v) is 3.56. The minimum absolute atomic E-state index is 0.545. The first-order chi connectivity index (χ1) is 10.2. The molecule has 1 fully saturated rings. The summed E-state index contributed by atoms with van der Waals surface area (Å²) < 4.78 is 3.77. The van der Waals surface area contributed by atoms with Gasteiger partial charge in [-0.1, -0.05) is 19.1 Å². The minimum Gasteiger partial charge on any atom is -0.311 e. The van der Waals surface area contributed by atoms with Gasteiger partial charge in [-0.15, -0.1) is 5.10 Å². The van der Waals surface area contributed by atoms with Gasteiger partial charge in [0.2, 0.25) is 0 Å². The summed E-state index contributed by atoms with van der Waals surface area (Å²) in [4.78, 5) is 4.32. The number of hydrogen-bond donors (Lipinski definition) is 1. The van der Waals surface area contributed by atoms with E-state index in [1.807, 2.05) is 15.6 Å². The lowest BCUT2D eigenvalue weighted by molar-refractivity contribution is 0.455. The van der Waals surface area contributed by atoms with Gasteiger partial charge in [-0.2, -0.15) is 5.10 Å². The molecule has 0 aliphatic heterocycles. The molecule has 2 heterocycles. The van der Waals surface area contributed by atoms with Gasteiger partial charge in [-0.3, -0.25) is 0 Å². The smallest absolute Gasteiger partial charge is 0.148 e. The Morgan fingerprint density at radius 1 is 1.38 bits per heavy atom. The van der Waals surface area contributed by atoms with E-state index in [4.69, 9.17) is 0 Å². The molecular weight excluding hydrogens is 266 g/mol. The van der Waals surface area contributed by atoms with Gasteiger partial charge < -0.3 is 5.32 Å². The Hall–Kier alpha value is -1.76. The first kappa shape index (κ1) is 14.2. The van der Waals surface area contributed by atoms with Crippen LogP contribution in [0.2, 0.25) is 0 Å². The molecule has 0 aromatic carbocycles. The van der Waals surface area contributed by atoms with Crippen LogP contribution in [0.1, 0.15) is 38.2 Å². The Morgan fingerprint density at radius 2 is 2.24 bits per heavy atom. The van der Waals surface area contributed by atoms with Crippen LogP contribution in [0.3, 0.4) is 0 Å². The zero-order chi connectivity index (χ0) is 14.7. The van der Waals surface area contributed by atoms with Gasteiger partial charge in [-0.05, 0) is 31.2 Å². The van der Waals surface area contributed by atoms with E-state index in [0.29, 0.717) is 12.5 Å². The highest BCUT2D eigenvalue weighted by Gasteiger charge is 2.20. The van der Waals surface area contributed by atoms with Crippen LogP contribution >= 0.6 is 0 Å². The van der Waals surface area contributed by atoms with E-state index in [-0.39, 0.29) is 0 Å². The summed E-state index contributed by atoms with van der Waals surface area (Å²) in [5.74, 6) is 2.35. The maximum Gasteiger partial charge on any atom is 0.148 e. The first-order valence-corrected chi connectivity index (χ1v) is 7.67. The largest absolute Gasteiger partial charge is 0.311 e. The van der Waals surface area contributed by atoms with Crippen LogP contribution in [0, 0.1) is 11.8 Å². The molecule has 7 heteroatoms. The summed E-state index contributed by atoms with van der Waals surface area (Å²) in [5, 5.41) is 16.1. The van der Waals surface area contributed by atoms with E-state index >= 15 is 0 Å². The summed E-state index contributed by atoms with van der Waals surface area (Å²) in [6, 6.07) is 0. The highest BCUT2D eigenvalue weighted by molar-refractivity contribution is 4.95. The van der Waals surface area contributed by atoms with Crippen molar-refractivity contribution in [1.29, 1.82) is 0 Å². The van der Waals surface area contributed by atoms with E-state index < -0.39 is 0 Å². The van der Waals surface area contributed by atoms with E-state index in [1.165, 1.54) is 12.8 Å². The van der Waals surface area contributed by atoms with Crippen molar-refractivity contribution < 1.29 is 0 Å². The highest BCUT2D eigenvalue weighted by Crippen LogP contribution is 2.27. The quantitative estimate of drug-likeness (QED) is 0.787. The van der Waals surface area contributed by atoms with Crippen molar-refractivity contribution in [2.45, 2.75) is 46.3 Å². The number of hydrogen-bond acceptors (Lipinski definition) is 5. The third-order valence-electron chi connectivity index (χ3n) is 3.56. The fourth-order valence-corrected chi connectivity index (χ4v) is 2.28. The molecular formula is C14H23N7. The first-order valence-electron chi connectivity index (χ1n) is 7.67. The monoisotopic (exact) mass is 289 g/mol. The molecule has 0 saturated heterocycles. The van der Waals surface area contributed by atoms with Crippen molar-refractivity contribution in [3.8, 4) is 0 Å². The summed E-state index contributed by atoms with van der Waals surface area (Å²) in [6.45, 7) is 7.71. The zero-order valence-electron chi connectivity index (χ0n) is 12.7. The average Bonchev–Trinajstić information content (AvgIpc) is 2.99. The van der Waals surface area contributed by atoms with Gasteiger partial charge in [0.25, 0.3) is 0 Å². The van der Waals surface area contributed by atoms with Crippen molar-refractivity contribution in [3.05, 3.63) is 24.0 Å². The van der Waals surface area contributed by atoms with Gasteiger partial charge in [0.05, 0.1) is 11.9 Å². The molecule has 21 heavy (non-hydrogen) atoms. The van der Waals surface area contributed by atoms with E-state index in [9.17, 15) is 0 Å². The second-order valence-electron chi connectivity index (χ2n) is 6.23. The van der Waals surface area contributed by atoms with Crippen LogP contribution in [0.25, 0.3) is 0 Å². The Bertz CT molecular complexity index is 567. The molecule has 0 amide bonds. The lowest BCUT2D eigenvalue weighted by Crippen LogP contribution is -2.16. The van der Waals surface area contributed by atoms with Crippen LogP contribution < -0.4 is 5.32 Å². The molecule has 0 atom stereocenters. The summed E-state index contributed by atoms with van der Waals surface area (Å²) >= 11 is 0. The highest BCUT2D eigenvalue weighted by atomic mass is 15.4. The van der Waals surface area contributed by atoms with Crippen LogP contribution in [0.15, 0.2) is 12.5 Å². The van der Waals surface area contributed by atoms with E-state index in [1.54, 1.807) is 6.33 Å². The minimum atomic E-state index is 0.545. The molecule has 1 aliphatic carbocycles. The maximum atomic E-state index is 4.32. The van der Waals surface area contributed by atoms with Crippen LogP contribution in [-0.4, -0.2) is 36.3 Å². The Balaban J connectivity index is 1.54. The van der Waals surface area contributed by atoms with Gasteiger partial charge in [0, 0.05) is 13.1 Å². The van der Waals surface area contributed by atoms with E-state index in [2.05, 4.69) is 39.6 Å². The van der Waals surface area contributed by atoms with E-state index in [0.717, 1.165) is 37.1 Å². The van der Waals surface area contributed by atoms with Crippen LogP contribution in [-0.2, 0) is 19.6 Å². The predicted molar refractivity (Wildman–Crippen MR) is 78.4 cm³/mol. The van der Waals surface area contributed by atoms with Crippen molar-refractivity contribution in [3.63, 3.8) is 0 Å². The number of rotatable bonds is 8. The number of nitrogens with one attached hydrogen (secondary N) is 1. The van der Waals surface area contributed by atoms with Gasteiger partial charge in [0.15, 0.2) is 0 Å². The van der Waals surface area contributed by atoms with Crippen molar-refractivity contribution in [2.24, 2.45) is 11.8 Å². The second kappa shape index (κ2) is 6.34. The lowest BCUT2D eigenvalue weighted by Gasteiger charge is -2.07.